The zero-order valence-electron chi connectivity index (χ0n) is 65.3. The van der Waals surface area contributed by atoms with Gasteiger partial charge in [-0.05, 0) is 130 Å². The first kappa shape index (κ1) is 68.5. The summed E-state index contributed by atoms with van der Waals surface area (Å²) in [6.07, 6.45) is 0. The van der Waals surface area contributed by atoms with Gasteiger partial charge in [0.1, 0.15) is 55.8 Å². The molecule has 556 valence electrons. The summed E-state index contributed by atoms with van der Waals surface area (Å²) >= 11 is 0. The van der Waals surface area contributed by atoms with Gasteiger partial charge in [-0.25, -0.2) is 0 Å². The van der Waals surface area contributed by atoms with Crippen LogP contribution in [0.2, 0.25) is 0 Å². The molecule has 0 aliphatic rings. The van der Waals surface area contributed by atoms with E-state index in [2.05, 4.69) is 361 Å². The van der Waals surface area contributed by atoms with Gasteiger partial charge < -0.3 is 22.1 Å². The second-order valence-corrected chi connectivity index (χ2v) is 32.3. The number of para-hydroxylation sites is 10. The fourth-order valence-electron chi connectivity index (χ4n) is 19.1. The molecular weight excluding hydrogens is 1440 g/mol. The van der Waals surface area contributed by atoms with Crippen molar-refractivity contribution in [2.75, 3.05) is 0 Å². The molecule has 0 saturated carbocycles. The Morgan fingerprint density at radius 1 is 0.169 bits per heavy atom. The van der Waals surface area contributed by atoms with E-state index < -0.39 is 0 Å². The molecule has 0 fully saturated rings. The molecule has 0 aliphatic carbocycles. The van der Waals surface area contributed by atoms with E-state index in [1.807, 2.05) is 42.5 Å². The number of aryl methyl sites for hydroxylation is 1. The molecular formula is C113H74O5. The minimum atomic E-state index is -0.0125. The van der Waals surface area contributed by atoms with E-state index in [0.717, 1.165) is 138 Å². The fourth-order valence-corrected chi connectivity index (χ4v) is 19.1. The molecule has 0 saturated heterocycles. The van der Waals surface area contributed by atoms with Crippen LogP contribution in [0.4, 0.5) is 0 Å². The molecule has 20 aromatic carbocycles. The molecule has 0 aliphatic heterocycles. The average molecular weight is 1510 g/mol. The van der Waals surface area contributed by atoms with Crippen LogP contribution in [0.25, 0.3) is 241 Å². The Labute approximate surface area is 679 Å². The van der Waals surface area contributed by atoms with Crippen LogP contribution in [0.15, 0.2) is 398 Å². The van der Waals surface area contributed by atoms with Gasteiger partial charge in [0.25, 0.3) is 0 Å². The standard InChI is InChI=1S/C42H30O2.C38H22O2.C33H22O/c1-42(2,3)25-22-23-30-35(24-25)39(34-19-11-17-32-27-13-7-9-21-37(27)44-41(32)34)29-15-5-4-14-28(29)38(30)33-18-10-16-31-26-12-6-8-20-36(26)43-40(31)33;1-2-14-26-25(13-1)35(31-19-9-17-29-23-11-5-7-21-33(23)39-37(29)31)27-15-3-4-16-28(27)36(26)32-20-10-18-30-24-12-6-8-22-34(24)40-38(30)32;1-21-17-19-22(20-18-21)31-24-10-2-4-12-26(24)32(27-13-5-3-11-25(27)31)29-15-8-14-28-23-9-6-7-16-30(23)34-33(28)29/h4-24H,1-3H3;1-22H;2-20H,1H3. The molecule has 5 heterocycles. The van der Waals surface area contributed by atoms with Crippen LogP contribution < -0.4 is 0 Å². The zero-order valence-corrected chi connectivity index (χ0v) is 65.3. The monoisotopic (exact) mass is 1510 g/mol. The van der Waals surface area contributed by atoms with Gasteiger partial charge in [-0.15, -0.1) is 0 Å². The Morgan fingerprint density at radius 2 is 0.373 bits per heavy atom. The minimum absolute atomic E-state index is 0.0125. The Kier molecular flexibility index (Phi) is 15.7. The summed E-state index contributed by atoms with van der Waals surface area (Å²) < 4.78 is 32.7. The van der Waals surface area contributed by atoms with Crippen molar-refractivity contribution < 1.29 is 22.1 Å². The second kappa shape index (κ2) is 27.1. The summed E-state index contributed by atoms with van der Waals surface area (Å²) in [5.74, 6) is 0. The number of fused-ring (bicyclic) bond motifs is 21. The molecule has 0 amide bonds. The molecule has 118 heavy (non-hydrogen) atoms. The van der Waals surface area contributed by atoms with Gasteiger partial charge >= 0.3 is 0 Å². The van der Waals surface area contributed by atoms with Crippen LogP contribution in [0, 0.1) is 6.92 Å². The lowest BCUT2D eigenvalue weighted by atomic mass is 9.81. The predicted octanol–water partition coefficient (Wildman–Crippen LogP) is 33.1. The molecule has 5 aromatic heterocycles. The number of rotatable bonds is 6. The van der Waals surface area contributed by atoms with Crippen molar-refractivity contribution in [3.63, 3.8) is 0 Å². The lowest BCUT2D eigenvalue weighted by Crippen LogP contribution is -2.10. The van der Waals surface area contributed by atoms with Crippen molar-refractivity contribution >= 4 is 174 Å². The maximum Gasteiger partial charge on any atom is 0.143 e. The van der Waals surface area contributed by atoms with Crippen molar-refractivity contribution in [1.82, 2.24) is 0 Å². The van der Waals surface area contributed by atoms with Gasteiger partial charge in [-0.3, -0.25) is 0 Å². The molecule has 5 nitrogen and oxygen atoms in total. The van der Waals surface area contributed by atoms with E-state index in [-0.39, 0.29) is 5.41 Å². The van der Waals surface area contributed by atoms with Crippen molar-refractivity contribution in [3.8, 4) is 66.8 Å². The van der Waals surface area contributed by atoms with E-state index in [9.17, 15) is 0 Å². The van der Waals surface area contributed by atoms with E-state index in [0.29, 0.717) is 0 Å². The number of hydrogen-bond acceptors (Lipinski definition) is 5. The second-order valence-electron chi connectivity index (χ2n) is 32.3. The van der Waals surface area contributed by atoms with E-state index in [1.54, 1.807) is 0 Å². The summed E-state index contributed by atoms with van der Waals surface area (Å²) in [4.78, 5) is 0. The van der Waals surface area contributed by atoms with Gasteiger partial charge in [0.2, 0.25) is 0 Å². The average Bonchev–Trinajstić information content (AvgIpc) is 1.43. The largest absolute Gasteiger partial charge is 0.455 e. The van der Waals surface area contributed by atoms with Crippen LogP contribution in [0.1, 0.15) is 31.9 Å². The third-order valence-corrected chi connectivity index (χ3v) is 24.5. The van der Waals surface area contributed by atoms with E-state index in [1.165, 1.54) is 115 Å². The highest BCUT2D eigenvalue weighted by atomic mass is 16.3. The highest BCUT2D eigenvalue weighted by Gasteiger charge is 2.28. The van der Waals surface area contributed by atoms with Crippen LogP contribution in [0.3, 0.4) is 0 Å². The van der Waals surface area contributed by atoms with Gasteiger partial charge in [-0.1, -0.05) is 366 Å². The Balaban J connectivity index is 0.000000105. The number of benzene rings is 20. The Hall–Kier alpha value is -15.0. The summed E-state index contributed by atoms with van der Waals surface area (Å²) in [7, 11) is 0. The first-order chi connectivity index (χ1) is 58.1. The van der Waals surface area contributed by atoms with Crippen molar-refractivity contribution in [2.24, 2.45) is 0 Å². The smallest absolute Gasteiger partial charge is 0.143 e. The third kappa shape index (κ3) is 10.8. The molecule has 0 N–H and O–H groups in total. The fraction of sp³-hybridized carbons (Fsp3) is 0.0442. The van der Waals surface area contributed by atoms with E-state index in [4.69, 9.17) is 22.1 Å². The van der Waals surface area contributed by atoms with Crippen molar-refractivity contribution in [1.29, 1.82) is 0 Å². The molecule has 0 spiro atoms. The van der Waals surface area contributed by atoms with Crippen molar-refractivity contribution in [2.45, 2.75) is 33.1 Å². The van der Waals surface area contributed by atoms with Crippen LogP contribution in [-0.2, 0) is 5.41 Å². The maximum atomic E-state index is 6.62. The first-order valence-electron chi connectivity index (χ1n) is 40.6. The summed E-state index contributed by atoms with van der Waals surface area (Å²) in [6, 6.07) is 134. The number of furan rings is 5. The Morgan fingerprint density at radius 3 is 0.619 bits per heavy atom. The summed E-state index contributed by atoms with van der Waals surface area (Å²) in [6.45, 7) is 8.98. The van der Waals surface area contributed by atoms with Gasteiger partial charge in [0.15, 0.2) is 0 Å². The quantitative estimate of drug-likeness (QED) is 0.155. The molecule has 25 rings (SSSR count). The number of hydrogen-bond donors (Lipinski definition) is 0. The highest BCUT2D eigenvalue weighted by molar-refractivity contribution is 6.30. The van der Waals surface area contributed by atoms with Crippen molar-refractivity contribution in [3.05, 3.63) is 387 Å². The third-order valence-electron chi connectivity index (χ3n) is 24.5. The molecule has 0 radical (unpaired) electrons. The summed E-state index contributed by atoms with van der Waals surface area (Å²) in [5, 5.41) is 26.0. The predicted molar refractivity (Wildman–Crippen MR) is 497 cm³/mol. The lowest BCUT2D eigenvalue weighted by molar-refractivity contribution is 0.591. The van der Waals surface area contributed by atoms with Gasteiger partial charge in [0, 0.05) is 109 Å². The topological polar surface area (TPSA) is 65.7 Å². The molecule has 25 aromatic rings. The molecule has 0 bridgehead atoms. The van der Waals surface area contributed by atoms with Crippen LogP contribution in [0.5, 0.6) is 0 Å². The minimum Gasteiger partial charge on any atom is -0.455 e. The normalized spacial score (nSPS) is 12.1. The highest BCUT2D eigenvalue weighted by Crippen LogP contribution is 2.53. The molecule has 0 atom stereocenters. The van der Waals surface area contributed by atoms with Crippen LogP contribution in [-0.4, -0.2) is 0 Å². The SMILES string of the molecule is CC(C)(C)c1ccc2c(-c3cccc4c3oc3ccccc34)c3ccccc3c(-c3cccc4c3oc3ccccc34)c2c1.Cc1ccc(-c2c3ccccc3c(-c3cccc4c3oc3ccccc34)c3ccccc23)cc1.c1ccc2c(c1)oc1c(-c3c4ccccc4c(-c4cccc5c4oc4ccccc45)c4ccccc34)cccc12. The molecule has 5 heteroatoms. The van der Waals surface area contributed by atoms with Crippen LogP contribution >= 0.6 is 0 Å². The van der Waals surface area contributed by atoms with Gasteiger partial charge in [0.05, 0.1) is 0 Å². The maximum absolute atomic E-state index is 6.62. The molecule has 0 unspecified atom stereocenters. The van der Waals surface area contributed by atoms with E-state index >= 15 is 0 Å². The zero-order chi connectivity index (χ0) is 78.4. The lowest BCUT2D eigenvalue weighted by Gasteiger charge is -2.23. The summed E-state index contributed by atoms with van der Waals surface area (Å²) in [5.41, 5.74) is 25.9. The first-order valence-corrected chi connectivity index (χ1v) is 40.6. The Bertz CT molecular complexity index is 8150. The van der Waals surface area contributed by atoms with Gasteiger partial charge in [-0.2, -0.15) is 0 Å².